The summed E-state index contributed by atoms with van der Waals surface area (Å²) in [6.07, 6.45) is -1.24. The van der Waals surface area contributed by atoms with Gasteiger partial charge >= 0.3 is 6.09 Å². The van der Waals surface area contributed by atoms with E-state index in [1.54, 1.807) is 36.4 Å². The number of carbonyl (C=O) groups is 3. The predicted molar refractivity (Wildman–Crippen MR) is 99.0 cm³/mol. The molecule has 0 saturated carbocycles. The van der Waals surface area contributed by atoms with Gasteiger partial charge in [-0.05, 0) is 24.3 Å². The van der Waals surface area contributed by atoms with Crippen molar-refractivity contribution in [2.45, 2.75) is 0 Å². The van der Waals surface area contributed by atoms with Gasteiger partial charge in [0.25, 0.3) is 11.9 Å². The standard InChI is InChI=1S/C18H16N6O4/c25-15-10-23(9-8-19-15)16(26)12-6-4-11(5-7-12)13-2-1-3-14-20-17(21-18(27)28)22-24(13)14/h1-7H,8-10H2,(H,19,25)(H,21,22)(H,27,28). The number of rotatable bonds is 3. The molecule has 1 aliphatic rings. The Morgan fingerprint density at radius 1 is 1.14 bits per heavy atom. The van der Waals surface area contributed by atoms with Crippen LogP contribution in [-0.2, 0) is 4.79 Å². The third-order valence-electron chi connectivity index (χ3n) is 4.33. The van der Waals surface area contributed by atoms with Crippen LogP contribution in [0.2, 0.25) is 0 Å². The summed E-state index contributed by atoms with van der Waals surface area (Å²) in [6.45, 7) is 0.978. The lowest BCUT2D eigenvalue weighted by atomic mass is 10.1. The lowest BCUT2D eigenvalue weighted by Gasteiger charge is -2.26. The topological polar surface area (TPSA) is 129 Å². The van der Waals surface area contributed by atoms with Gasteiger partial charge in [0, 0.05) is 24.2 Å². The van der Waals surface area contributed by atoms with E-state index in [0.29, 0.717) is 30.0 Å². The number of fused-ring (bicyclic) bond motifs is 1. The molecule has 0 bridgehead atoms. The summed E-state index contributed by atoms with van der Waals surface area (Å²) in [5.41, 5.74) is 2.45. The molecule has 0 aliphatic carbocycles. The summed E-state index contributed by atoms with van der Waals surface area (Å²) in [4.78, 5) is 40.5. The Balaban J connectivity index is 1.62. The third-order valence-corrected chi connectivity index (χ3v) is 4.33. The van der Waals surface area contributed by atoms with E-state index >= 15 is 0 Å². The number of nitrogens with zero attached hydrogens (tertiary/aromatic N) is 4. The second-order valence-corrected chi connectivity index (χ2v) is 6.20. The SMILES string of the molecule is O=C(O)Nc1nc2cccc(-c3ccc(C(=O)N4CCNC(=O)C4)cc3)n2n1. The number of nitrogens with one attached hydrogen (secondary N) is 2. The lowest BCUT2D eigenvalue weighted by Crippen LogP contribution is -2.49. The maximum Gasteiger partial charge on any atom is 0.411 e. The molecule has 2 aromatic heterocycles. The van der Waals surface area contributed by atoms with Gasteiger partial charge in [-0.3, -0.25) is 14.9 Å². The number of aromatic nitrogens is 3. The Morgan fingerprint density at radius 2 is 1.93 bits per heavy atom. The molecule has 10 nitrogen and oxygen atoms in total. The fourth-order valence-corrected chi connectivity index (χ4v) is 3.05. The highest BCUT2D eigenvalue weighted by Gasteiger charge is 2.22. The number of amides is 3. The third kappa shape index (κ3) is 3.34. The lowest BCUT2D eigenvalue weighted by molar-refractivity contribution is -0.123. The van der Waals surface area contributed by atoms with Crippen LogP contribution < -0.4 is 10.6 Å². The Hall–Kier alpha value is -3.95. The van der Waals surface area contributed by atoms with Crippen LogP contribution in [0.4, 0.5) is 10.7 Å². The summed E-state index contributed by atoms with van der Waals surface area (Å²) >= 11 is 0. The maximum absolute atomic E-state index is 12.6. The molecule has 0 unspecified atom stereocenters. The van der Waals surface area contributed by atoms with Gasteiger partial charge in [0.15, 0.2) is 5.65 Å². The molecule has 28 heavy (non-hydrogen) atoms. The van der Waals surface area contributed by atoms with Crippen molar-refractivity contribution in [1.29, 1.82) is 0 Å². The first-order valence-electron chi connectivity index (χ1n) is 8.53. The van der Waals surface area contributed by atoms with Crippen molar-refractivity contribution in [1.82, 2.24) is 24.8 Å². The van der Waals surface area contributed by atoms with Crippen molar-refractivity contribution in [3.05, 3.63) is 48.0 Å². The van der Waals surface area contributed by atoms with E-state index in [2.05, 4.69) is 20.7 Å². The molecule has 3 amide bonds. The predicted octanol–water partition coefficient (Wildman–Crippen LogP) is 1.06. The Morgan fingerprint density at radius 3 is 2.64 bits per heavy atom. The molecule has 1 saturated heterocycles. The van der Waals surface area contributed by atoms with Gasteiger partial charge in [0.05, 0.1) is 12.2 Å². The fourth-order valence-electron chi connectivity index (χ4n) is 3.05. The van der Waals surface area contributed by atoms with Crippen LogP contribution >= 0.6 is 0 Å². The fraction of sp³-hybridized carbons (Fsp3) is 0.167. The number of carboxylic acid groups (broad SMARTS) is 1. The number of anilines is 1. The van der Waals surface area contributed by atoms with Gasteiger partial charge in [0.1, 0.15) is 0 Å². The van der Waals surface area contributed by atoms with Gasteiger partial charge in [-0.25, -0.2) is 9.31 Å². The summed E-state index contributed by atoms with van der Waals surface area (Å²) in [6, 6.07) is 12.2. The van der Waals surface area contributed by atoms with E-state index in [1.165, 1.54) is 9.42 Å². The molecule has 3 heterocycles. The van der Waals surface area contributed by atoms with E-state index in [1.807, 2.05) is 6.07 Å². The first kappa shape index (κ1) is 17.5. The second-order valence-electron chi connectivity index (χ2n) is 6.20. The normalized spacial score (nSPS) is 14.0. The van der Waals surface area contributed by atoms with Gasteiger partial charge < -0.3 is 15.3 Å². The molecule has 1 aliphatic heterocycles. The number of hydrogen-bond donors (Lipinski definition) is 3. The van der Waals surface area contributed by atoms with Crippen LogP contribution in [0.15, 0.2) is 42.5 Å². The van der Waals surface area contributed by atoms with E-state index in [0.717, 1.165) is 5.56 Å². The molecule has 0 atom stereocenters. The quantitative estimate of drug-likeness (QED) is 0.623. The van der Waals surface area contributed by atoms with Crippen LogP contribution in [0.25, 0.3) is 16.9 Å². The zero-order chi connectivity index (χ0) is 19.7. The monoisotopic (exact) mass is 380 g/mol. The summed E-state index contributed by atoms with van der Waals surface area (Å²) in [5, 5.41) is 17.8. The number of carbonyl (C=O) groups excluding carboxylic acids is 2. The highest BCUT2D eigenvalue weighted by molar-refractivity contribution is 5.97. The van der Waals surface area contributed by atoms with Crippen LogP contribution in [-0.4, -0.2) is 62.1 Å². The van der Waals surface area contributed by atoms with Crippen LogP contribution in [0.1, 0.15) is 10.4 Å². The molecule has 142 valence electrons. The Bertz CT molecular complexity index is 1080. The summed E-state index contributed by atoms with van der Waals surface area (Å²) in [7, 11) is 0. The smallest absolute Gasteiger partial charge is 0.411 e. The molecule has 3 aromatic rings. The molecule has 3 N–H and O–H groups in total. The van der Waals surface area contributed by atoms with Crippen molar-refractivity contribution in [3.8, 4) is 11.3 Å². The minimum Gasteiger partial charge on any atom is -0.465 e. The molecular weight excluding hydrogens is 364 g/mol. The van der Waals surface area contributed by atoms with E-state index in [9.17, 15) is 14.4 Å². The van der Waals surface area contributed by atoms with Crippen LogP contribution in [0.3, 0.4) is 0 Å². The summed E-state index contributed by atoms with van der Waals surface area (Å²) in [5.74, 6) is -0.386. The van der Waals surface area contributed by atoms with Gasteiger partial charge in [-0.2, -0.15) is 4.98 Å². The number of piperazine rings is 1. The van der Waals surface area contributed by atoms with Gasteiger partial charge in [-0.1, -0.05) is 18.2 Å². The zero-order valence-corrected chi connectivity index (χ0v) is 14.6. The zero-order valence-electron chi connectivity index (χ0n) is 14.6. The Labute approximate surface area is 158 Å². The highest BCUT2D eigenvalue weighted by Crippen LogP contribution is 2.22. The number of pyridine rings is 1. The number of hydrogen-bond acceptors (Lipinski definition) is 5. The first-order chi connectivity index (χ1) is 13.5. The minimum atomic E-state index is -1.24. The molecule has 4 rings (SSSR count). The van der Waals surface area contributed by atoms with E-state index in [-0.39, 0.29) is 24.3 Å². The molecule has 0 spiro atoms. The molecule has 0 radical (unpaired) electrons. The van der Waals surface area contributed by atoms with E-state index in [4.69, 9.17) is 5.11 Å². The molecular formula is C18H16N6O4. The average molecular weight is 380 g/mol. The van der Waals surface area contributed by atoms with Gasteiger partial charge in [-0.15, -0.1) is 5.10 Å². The molecule has 1 fully saturated rings. The average Bonchev–Trinajstić information content (AvgIpc) is 3.09. The summed E-state index contributed by atoms with van der Waals surface area (Å²) < 4.78 is 1.52. The highest BCUT2D eigenvalue weighted by atomic mass is 16.4. The second kappa shape index (κ2) is 6.99. The van der Waals surface area contributed by atoms with Gasteiger partial charge in [0.2, 0.25) is 5.91 Å². The van der Waals surface area contributed by atoms with Crippen molar-refractivity contribution in [2.75, 3.05) is 25.0 Å². The van der Waals surface area contributed by atoms with Crippen molar-refractivity contribution < 1.29 is 19.5 Å². The maximum atomic E-state index is 12.6. The van der Waals surface area contributed by atoms with Crippen molar-refractivity contribution in [2.24, 2.45) is 0 Å². The minimum absolute atomic E-state index is 0.0184. The van der Waals surface area contributed by atoms with Crippen molar-refractivity contribution >= 4 is 29.5 Å². The van der Waals surface area contributed by atoms with Crippen LogP contribution in [0, 0.1) is 0 Å². The largest absolute Gasteiger partial charge is 0.465 e. The van der Waals surface area contributed by atoms with Crippen molar-refractivity contribution in [3.63, 3.8) is 0 Å². The molecule has 1 aromatic carbocycles. The number of benzene rings is 1. The first-order valence-corrected chi connectivity index (χ1v) is 8.53. The van der Waals surface area contributed by atoms with Crippen LogP contribution in [0.5, 0.6) is 0 Å². The molecule has 10 heteroatoms. The van der Waals surface area contributed by atoms with E-state index < -0.39 is 6.09 Å². The Kier molecular flexibility index (Phi) is 4.36.